The highest BCUT2D eigenvalue weighted by molar-refractivity contribution is 6.20. The summed E-state index contributed by atoms with van der Waals surface area (Å²) in [5.74, 6) is 0. The molecule has 1 heteroatoms. The van der Waals surface area contributed by atoms with Crippen molar-refractivity contribution in [3.63, 3.8) is 0 Å². The first-order valence-electron chi connectivity index (χ1n) is 3.11. The Morgan fingerprint density at radius 2 is 2.00 bits per heavy atom. The molecule has 47 valence electrons. The Hall–Kier alpha value is -1.37. The Bertz CT molecular complexity index is 310. The molecule has 0 saturated carbocycles. The van der Waals surface area contributed by atoms with Crippen LogP contribution in [0.3, 0.4) is 0 Å². The van der Waals surface area contributed by atoms with Gasteiger partial charge in [0.15, 0.2) is 0 Å². The minimum atomic E-state index is 0.690. The second kappa shape index (κ2) is 1.81. The molecule has 2 rings (SSSR count). The normalized spacial score (nSPS) is 13.0. The van der Waals surface area contributed by atoms with Gasteiger partial charge in [-0.15, -0.1) is 0 Å². The standard InChI is InChI=1S/C9H5O/c10-6-8-5-7-3-1-2-4-9(7)8/h1-5H. The lowest BCUT2D eigenvalue weighted by Gasteiger charge is -2.12. The molecule has 1 aliphatic carbocycles. The van der Waals surface area contributed by atoms with Crippen LogP contribution in [-0.4, -0.2) is 6.29 Å². The van der Waals surface area contributed by atoms with E-state index in [2.05, 4.69) is 0 Å². The predicted octanol–water partition coefficient (Wildman–Crippen LogP) is 1.65. The van der Waals surface area contributed by atoms with Crippen LogP contribution in [0.15, 0.2) is 24.3 Å². The molecule has 0 spiro atoms. The molecule has 0 saturated heterocycles. The minimum absolute atomic E-state index is 0.690. The number of hydrogen-bond acceptors (Lipinski definition) is 1. The first-order chi connectivity index (χ1) is 4.92. The van der Waals surface area contributed by atoms with E-state index in [1.54, 1.807) is 0 Å². The average Bonchev–Trinajstić information content (AvgIpc) is 1.92. The summed E-state index contributed by atoms with van der Waals surface area (Å²) in [4.78, 5) is 10.2. The highest BCUT2D eigenvalue weighted by Gasteiger charge is 2.13. The van der Waals surface area contributed by atoms with Gasteiger partial charge in [-0.1, -0.05) is 24.3 Å². The fourth-order valence-corrected chi connectivity index (χ4v) is 1.11. The Kier molecular flexibility index (Phi) is 0.978. The lowest BCUT2D eigenvalue weighted by molar-refractivity contribution is 0.565. The molecular formula is C9H5O. The zero-order valence-electron chi connectivity index (χ0n) is 5.29. The lowest BCUT2D eigenvalue weighted by atomic mass is 9.90. The summed E-state index contributed by atoms with van der Waals surface area (Å²) in [5.41, 5.74) is 2.86. The largest absolute Gasteiger partial charge is 0.285 e. The van der Waals surface area contributed by atoms with E-state index in [0.29, 0.717) is 5.57 Å². The zero-order valence-corrected chi connectivity index (χ0v) is 5.29. The first-order valence-corrected chi connectivity index (χ1v) is 3.11. The summed E-state index contributed by atoms with van der Waals surface area (Å²) < 4.78 is 0. The summed E-state index contributed by atoms with van der Waals surface area (Å²) >= 11 is 0. The number of rotatable bonds is 1. The van der Waals surface area contributed by atoms with E-state index in [-0.39, 0.29) is 0 Å². The maximum atomic E-state index is 10.2. The van der Waals surface area contributed by atoms with Crippen LogP contribution in [-0.2, 0) is 4.79 Å². The molecule has 0 fully saturated rings. The van der Waals surface area contributed by atoms with E-state index in [9.17, 15) is 4.79 Å². The summed E-state index contributed by atoms with van der Waals surface area (Å²) in [7, 11) is 0. The molecule has 0 atom stereocenters. The van der Waals surface area contributed by atoms with Gasteiger partial charge in [0, 0.05) is 5.57 Å². The Balaban J connectivity index is 2.52. The van der Waals surface area contributed by atoms with Gasteiger partial charge in [-0.25, -0.2) is 0 Å². The van der Waals surface area contributed by atoms with E-state index in [1.165, 1.54) is 0 Å². The van der Waals surface area contributed by atoms with Crippen LogP contribution < -0.4 is 0 Å². The van der Waals surface area contributed by atoms with Crippen LogP contribution in [0.25, 0.3) is 11.6 Å². The predicted molar refractivity (Wildman–Crippen MR) is 40.0 cm³/mol. The molecule has 0 bridgehead atoms. The highest BCUT2D eigenvalue weighted by atomic mass is 16.1. The van der Waals surface area contributed by atoms with Crippen molar-refractivity contribution in [1.29, 1.82) is 0 Å². The molecule has 1 aromatic carbocycles. The smallest absolute Gasteiger partial charge is 0.234 e. The SMILES string of the molecule is O=[C]C1=Cc2ccccc21. The van der Waals surface area contributed by atoms with Crippen LogP contribution in [0.2, 0.25) is 0 Å². The van der Waals surface area contributed by atoms with Crippen molar-refractivity contribution in [3.8, 4) is 0 Å². The average molecular weight is 129 g/mol. The van der Waals surface area contributed by atoms with Crippen molar-refractivity contribution < 1.29 is 4.79 Å². The fraction of sp³-hybridized carbons (Fsp3) is 0. The van der Waals surface area contributed by atoms with E-state index in [0.717, 1.165) is 11.1 Å². The van der Waals surface area contributed by atoms with E-state index < -0.39 is 0 Å². The van der Waals surface area contributed by atoms with E-state index >= 15 is 0 Å². The van der Waals surface area contributed by atoms with Gasteiger partial charge in [0.25, 0.3) is 0 Å². The third-order valence-electron chi connectivity index (χ3n) is 1.66. The third-order valence-corrected chi connectivity index (χ3v) is 1.66. The number of fused-ring (bicyclic) bond motifs is 1. The van der Waals surface area contributed by atoms with Crippen LogP contribution in [0.4, 0.5) is 0 Å². The molecule has 10 heavy (non-hydrogen) atoms. The zero-order chi connectivity index (χ0) is 6.97. The Morgan fingerprint density at radius 1 is 1.20 bits per heavy atom. The molecule has 1 aliphatic rings. The van der Waals surface area contributed by atoms with Crippen LogP contribution in [0, 0.1) is 0 Å². The number of benzene rings is 1. The first kappa shape index (κ1) is 5.42. The summed E-state index contributed by atoms with van der Waals surface area (Å²) in [6.45, 7) is 0. The monoisotopic (exact) mass is 129 g/mol. The number of allylic oxidation sites excluding steroid dienone is 1. The van der Waals surface area contributed by atoms with Gasteiger partial charge in [0.05, 0.1) is 0 Å². The molecule has 0 aliphatic heterocycles. The Labute approximate surface area is 59.0 Å². The maximum Gasteiger partial charge on any atom is 0.234 e. The third kappa shape index (κ3) is 0.545. The molecule has 0 N–H and O–H groups in total. The molecule has 0 aromatic heterocycles. The summed E-state index contributed by atoms with van der Waals surface area (Å²) in [6, 6.07) is 7.78. The maximum absolute atomic E-state index is 10.2. The minimum Gasteiger partial charge on any atom is -0.285 e. The van der Waals surface area contributed by atoms with Gasteiger partial charge >= 0.3 is 0 Å². The van der Waals surface area contributed by atoms with E-state index in [4.69, 9.17) is 0 Å². The van der Waals surface area contributed by atoms with Gasteiger partial charge in [0.2, 0.25) is 6.29 Å². The molecule has 0 unspecified atom stereocenters. The van der Waals surface area contributed by atoms with Crippen LogP contribution in [0.5, 0.6) is 0 Å². The molecular weight excluding hydrogens is 124 g/mol. The second-order valence-electron chi connectivity index (χ2n) is 2.25. The van der Waals surface area contributed by atoms with Gasteiger partial charge in [-0.05, 0) is 17.2 Å². The highest BCUT2D eigenvalue weighted by Crippen LogP contribution is 2.29. The fourth-order valence-electron chi connectivity index (χ4n) is 1.11. The van der Waals surface area contributed by atoms with Crippen molar-refractivity contribution >= 4 is 17.9 Å². The van der Waals surface area contributed by atoms with Crippen molar-refractivity contribution in [1.82, 2.24) is 0 Å². The van der Waals surface area contributed by atoms with Crippen molar-refractivity contribution in [3.05, 3.63) is 35.4 Å². The molecule has 1 nitrogen and oxygen atoms in total. The Morgan fingerprint density at radius 3 is 2.70 bits per heavy atom. The van der Waals surface area contributed by atoms with Gasteiger partial charge < -0.3 is 0 Å². The van der Waals surface area contributed by atoms with Gasteiger partial charge in [-0.2, -0.15) is 0 Å². The van der Waals surface area contributed by atoms with Crippen molar-refractivity contribution in [2.75, 3.05) is 0 Å². The quantitative estimate of drug-likeness (QED) is 0.563. The van der Waals surface area contributed by atoms with Crippen molar-refractivity contribution in [2.24, 2.45) is 0 Å². The van der Waals surface area contributed by atoms with E-state index in [1.807, 2.05) is 36.6 Å². The van der Waals surface area contributed by atoms with Gasteiger partial charge in [-0.3, -0.25) is 4.79 Å². The molecule has 1 aromatic rings. The molecule has 0 heterocycles. The summed E-state index contributed by atoms with van der Waals surface area (Å²) in [5, 5.41) is 0. The summed E-state index contributed by atoms with van der Waals surface area (Å²) in [6.07, 6.45) is 3.70. The number of hydrogen-bond donors (Lipinski definition) is 0. The van der Waals surface area contributed by atoms with Crippen LogP contribution >= 0.6 is 0 Å². The molecule has 1 radical (unpaired) electrons. The number of carbonyl (C=O) groups excluding carboxylic acids is 1. The molecule has 0 amide bonds. The van der Waals surface area contributed by atoms with Crippen LogP contribution in [0.1, 0.15) is 11.1 Å². The second-order valence-corrected chi connectivity index (χ2v) is 2.25. The topological polar surface area (TPSA) is 17.1 Å². The van der Waals surface area contributed by atoms with Crippen molar-refractivity contribution in [2.45, 2.75) is 0 Å². The lowest BCUT2D eigenvalue weighted by Crippen LogP contribution is -1.97. The van der Waals surface area contributed by atoms with Gasteiger partial charge in [0.1, 0.15) is 0 Å².